The molecule has 7 N–H and O–H groups in total. The van der Waals surface area contributed by atoms with Gasteiger partial charge in [0.05, 0.1) is 6.54 Å². The fourth-order valence-electron chi connectivity index (χ4n) is 2.02. The molecule has 0 saturated carbocycles. The Labute approximate surface area is 172 Å². The van der Waals surface area contributed by atoms with Crippen molar-refractivity contribution in [1.29, 1.82) is 0 Å². The molecule has 0 rings (SSSR count). The number of aliphatic carboxylic acids is 2. The molecule has 0 radical (unpaired) electrons. The maximum Gasteiger partial charge on any atom is 0.326 e. The van der Waals surface area contributed by atoms with Crippen molar-refractivity contribution < 1.29 is 34.2 Å². The van der Waals surface area contributed by atoms with E-state index in [9.17, 15) is 24.0 Å². The Morgan fingerprint density at radius 1 is 0.964 bits per heavy atom. The highest BCUT2D eigenvalue weighted by molar-refractivity contribution is 7.98. The van der Waals surface area contributed by atoms with Crippen molar-refractivity contribution >= 4 is 54.1 Å². The lowest BCUT2D eigenvalue weighted by Crippen LogP contribution is -2.56. The van der Waals surface area contributed by atoms with Crippen molar-refractivity contribution in [3.63, 3.8) is 0 Å². The Hall–Kier alpha value is -1.99. The Kier molecular flexibility index (Phi) is 13.1. The summed E-state index contributed by atoms with van der Waals surface area (Å²) in [5, 5.41) is 24.9. The minimum Gasteiger partial charge on any atom is -0.481 e. The molecule has 0 aromatic carbocycles. The molecule has 0 aromatic rings. The quantitative estimate of drug-likeness (QED) is 0.151. The van der Waals surface area contributed by atoms with E-state index in [1.54, 1.807) is 6.26 Å². The van der Waals surface area contributed by atoms with Crippen molar-refractivity contribution in [2.75, 3.05) is 24.3 Å². The zero-order valence-electron chi connectivity index (χ0n) is 15.3. The van der Waals surface area contributed by atoms with Crippen molar-refractivity contribution in [3.8, 4) is 0 Å². The second-order valence-corrected chi connectivity index (χ2v) is 7.03. The number of carboxylic acid groups (broad SMARTS) is 2. The zero-order valence-corrected chi connectivity index (χ0v) is 17.1. The van der Waals surface area contributed by atoms with Gasteiger partial charge in [0.15, 0.2) is 0 Å². The minimum atomic E-state index is -1.41. The Morgan fingerprint density at radius 3 is 2.00 bits per heavy atom. The van der Waals surface area contributed by atoms with E-state index >= 15 is 0 Å². The molecule has 11 nitrogen and oxygen atoms in total. The normalized spacial score (nSPS) is 13.7. The summed E-state index contributed by atoms with van der Waals surface area (Å²) in [6.07, 6.45) is 1.26. The zero-order chi connectivity index (χ0) is 21.7. The number of amides is 3. The average molecular weight is 439 g/mol. The largest absolute Gasteiger partial charge is 0.481 e. The van der Waals surface area contributed by atoms with Crippen LogP contribution in [0.4, 0.5) is 0 Å². The van der Waals surface area contributed by atoms with Gasteiger partial charge < -0.3 is 31.9 Å². The van der Waals surface area contributed by atoms with Crippen LogP contribution >= 0.6 is 24.4 Å². The van der Waals surface area contributed by atoms with Crippen LogP contribution in [0.5, 0.6) is 0 Å². The summed E-state index contributed by atoms with van der Waals surface area (Å²) < 4.78 is 0. The number of hydrogen-bond acceptors (Lipinski definition) is 8. The number of carboxylic acids is 2. The molecule has 3 atom stereocenters. The third kappa shape index (κ3) is 10.4. The second-order valence-electron chi connectivity index (χ2n) is 5.68. The number of thiol groups is 1. The van der Waals surface area contributed by atoms with E-state index in [0.29, 0.717) is 5.75 Å². The van der Waals surface area contributed by atoms with E-state index in [-0.39, 0.29) is 25.1 Å². The van der Waals surface area contributed by atoms with Crippen LogP contribution in [0.1, 0.15) is 19.3 Å². The molecule has 0 aliphatic carbocycles. The first-order valence-corrected chi connectivity index (χ1v) is 10.3. The third-order valence-corrected chi connectivity index (χ3v) is 4.53. The Balaban J connectivity index is 5.12. The van der Waals surface area contributed by atoms with Gasteiger partial charge in [-0.1, -0.05) is 0 Å². The highest BCUT2D eigenvalue weighted by Gasteiger charge is 2.29. The molecule has 0 bridgehead atoms. The van der Waals surface area contributed by atoms with Gasteiger partial charge in [-0.2, -0.15) is 24.4 Å². The van der Waals surface area contributed by atoms with E-state index in [2.05, 4.69) is 28.6 Å². The highest BCUT2D eigenvalue weighted by Crippen LogP contribution is 2.05. The lowest BCUT2D eigenvalue weighted by Gasteiger charge is -2.23. The molecule has 0 aromatic heterocycles. The smallest absolute Gasteiger partial charge is 0.326 e. The summed E-state index contributed by atoms with van der Waals surface area (Å²) in [6.45, 7) is -0.322. The lowest BCUT2D eigenvalue weighted by molar-refractivity contribution is -0.143. The third-order valence-electron chi connectivity index (χ3n) is 3.52. The van der Waals surface area contributed by atoms with Gasteiger partial charge in [-0.3, -0.25) is 19.2 Å². The van der Waals surface area contributed by atoms with Crippen LogP contribution in [0.3, 0.4) is 0 Å². The molecule has 28 heavy (non-hydrogen) atoms. The van der Waals surface area contributed by atoms with E-state index in [1.165, 1.54) is 11.8 Å². The standard InChI is InChI=1S/C15H26N4O7S2/c1-28-5-4-8(18-14(24)10(7-27)17-11(20)6-16)13(23)19-9(15(25)26)2-3-12(21)22/h8-10,27H,2-7,16H2,1H3,(H,17,20)(H,18,24)(H,19,23)(H,21,22)(H,25,26). The number of thioether (sulfide) groups is 1. The summed E-state index contributed by atoms with van der Waals surface area (Å²) in [7, 11) is 0. The molecule has 0 aliphatic heterocycles. The number of rotatable bonds is 14. The van der Waals surface area contributed by atoms with Crippen LogP contribution in [0.2, 0.25) is 0 Å². The van der Waals surface area contributed by atoms with Gasteiger partial charge in [0.1, 0.15) is 18.1 Å². The molecule has 0 heterocycles. The minimum absolute atomic E-state index is 0.0369. The van der Waals surface area contributed by atoms with E-state index in [0.717, 1.165) is 0 Å². The number of carbonyl (C=O) groups excluding carboxylic acids is 3. The fourth-order valence-corrected chi connectivity index (χ4v) is 2.75. The first-order valence-electron chi connectivity index (χ1n) is 8.30. The van der Waals surface area contributed by atoms with Gasteiger partial charge in [0, 0.05) is 12.2 Å². The molecular formula is C15H26N4O7S2. The lowest BCUT2D eigenvalue weighted by atomic mass is 10.1. The Bertz CT molecular complexity index is 577. The Morgan fingerprint density at radius 2 is 1.54 bits per heavy atom. The average Bonchev–Trinajstić information content (AvgIpc) is 2.65. The SMILES string of the molecule is CSCCC(NC(=O)C(CS)NC(=O)CN)C(=O)NC(CCC(=O)O)C(=O)O. The molecule has 13 heteroatoms. The number of nitrogens with two attached hydrogens (primary N) is 1. The van der Waals surface area contributed by atoms with Gasteiger partial charge in [0.2, 0.25) is 17.7 Å². The molecule has 0 aliphatic rings. The first-order chi connectivity index (χ1) is 13.2. The molecular weight excluding hydrogens is 412 g/mol. The maximum absolute atomic E-state index is 12.5. The van der Waals surface area contributed by atoms with Gasteiger partial charge >= 0.3 is 11.9 Å². The van der Waals surface area contributed by atoms with Gasteiger partial charge in [0.25, 0.3) is 0 Å². The molecule has 0 fully saturated rings. The summed E-state index contributed by atoms with van der Waals surface area (Å²) >= 11 is 5.40. The van der Waals surface area contributed by atoms with Gasteiger partial charge in [-0.25, -0.2) is 4.79 Å². The van der Waals surface area contributed by atoms with Crippen molar-refractivity contribution in [2.24, 2.45) is 5.73 Å². The van der Waals surface area contributed by atoms with Crippen molar-refractivity contribution in [3.05, 3.63) is 0 Å². The number of hydrogen-bond donors (Lipinski definition) is 7. The van der Waals surface area contributed by atoms with E-state index in [4.69, 9.17) is 15.9 Å². The van der Waals surface area contributed by atoms with Crippen LogP contribution in [0, 0.1) is 0 Å². The summed E-state index contributed by atoms with van der Waals surface area (Å²) in [4.78, 5) is 58.1. The second kappa shape index (κ2) is 14.1. The molecule has 3 unspecified atom stereocenters. The predicted molar refractivity (Wildman–Crippen MR) is 106 cm³/mol. The van der Waals surface area contributed by atoms with Crippen molar-refractivity contribution in [1.82, 2.24) is 16.0 Å². The highest BCUT2D eigenvalue weighted by atomic mass is 32.2. The summed E-state index contributed by atoms with van der Waals surface area (Å²) in [6, 6.07) is -3.50. The number of nitrogens with one attached hydrogen (secondary N) is 3. The maximum atomic E-state index is 12.5. The summed E-state index contributed by atoms with van der Waals surface area (Å²) in [5.41, 5.74) is 5.19. The monoisotopic (exact) mass is 438 g/mol. The predicted octanol–water partition coefficient (Wildman–Crippen LogP) is -1.97. The van der Waals surface area contributed by atoms with Gasteiger partial charge in [-0.15, -0.1) is 0 Å². The number of carbonyl (C=O) groups is 5. The van der Waals surface area contributed by atoms with E-state index in [1.807, 2.05) is 0 Å². The molecule has 0 spiro atoms. The van der Waals surface area contributed by atoms with Gasteiger partial charge in [-0.05, 0) is 24.9 Å². The fraction of sp³-hybridized carbons (Fsp3) is 0.667. The van der Waals surface area contributed by atoms with Crippen LogP contribution in [-0.4, -0.2) is 82.3 Å². The molecule has 0 saturated heterocycles. The van der Waals surface area contributed by atoms with E-state index < -0.39 is 54.2 Å². The van der Waals surface area contributed by atoms with Crippen LogP contribution in [0.15, 0.2) is 0 Å². The van der Waals surface area contributed by atoms with Crippen LogP contribution in [0.25, 0.3) is 0 Å². The molecule has 3 amide bonds. The first kappa shape index (κ1) is 26.0. The van der Waals surface area contributed by atoms with Crippen molar-refractivity contribution in [2.45, 2.75) is 37.4 Å². The van der Waals surface area contributed by atoms with Crippen LogP contribution < -0.4 is 21.7 Å². The molecule has 160 valence electrons. The topological polar surface area (TPSA) is 188 Å². The van der Waals surface area contributed by atoms with Crippen LogP contribution in [-0.2, 0) is 24.0 Å². The summed E-state index contributed by atoms with van der Waals surface area (Å²) in [5.74, 6) is -4.12.